The van der Waals surface area contributed by atoms with Gasteiger partial charge in [-0.1, -0.05) is 71.8 Å². The predicted molar refractivity (Wildman–Crippen MR) is 125 cm³/mol. The smallest absolute Gasteiger partial charge is 0.264 e. The van der Waals surface area contributed by atoms with Gasteiger partial charge in [-0.05, 0) is 49.6 Å². The molecular formula is C24H25ClN2O3S. The van der Waals surface area contributed by atoms with Gasteiger partial charge in [0.25, 0.3) is 10.0 Å². The van der Waals surface area contributed by atoms with Crippen LogP contribution in [-0.2, 0) is 21.2 Å². The summed E-state index contributed by atoms with van der Waals surface area (Å²) < 4.78 is 27.6. The van der Waals surface area contributed by atoms with Crippen molar-refractivity contribution in [3.63, 3.8) is 0 Å². The lowest BCUT2D eigenvalue weighted by atomic mass is 10.1. The average Bonchev–Trinajstić information content (AvgIpc) is 2.77. The van der Waals surface area contributed by atoms with Crippen LogP contribution >= 0.6 is 11.6 Å². The number of benzene rings is 3. The Morgan fingerprint density at radius 3 is 2.26 bits per heavy atom. The summed E-state index contributed by atoms with van der Waals surface area (Å²) in [5, 5.41) is 3.08. The summed E-state index contributed by atoms with van der Waals surface area (Å²) in [6.07, 6.45) is 1.59. The first-order chi connectivity index (χ1) is 14.9. The summed E-state index contributed by atoms with van der Waals surface area (Å²) in [6.45, 7) is 2.14. The number of nitrogens with one attached hydrogen (secondary N) is 1. The maximum Gasteiger partial charge on any atom is 0.264 e. The third-order valence-electron chi connectivity index (χ3n) is 4.82. The Kier molecular flexibility index (Phi) is 7.71. The number of carbonyl (C=O) groups is 1. The second-order valence-corrected chi connectivity index (χ2v) is 9.48. The van der Waals surface area contributed by atoms with Crippen LogP contribution in [0.1, 0.15) is 17.5 Å². The highest BCUT2D eigenvalue weighted by atomic mass is 35.5. The van der Waals surface area contributed by atoms with E-state index in [1.807, 2.05) is 6.92 Å². The topological polar surface area (TPSA) is 66.5 Å². The number of aryl methyl sites for hydroxylation is 2. The summed E-state index contributed by atoms with van der Waals surface area (Å²) in [7, 11) is -3.96. The Morgan fingerprint density at radius 2 is 1.58 bits per heavy atom. The zero-order valence-corrected chi connectivity index (χ0v) is 18.9. The van der Waals surface area contributed by atoms with Crippen LogP contribution in [-0.4, -0.2) is 27.4 Å². The molecular weight excluding hydrogens is 432 g/mol. The molecule has 162 valence electrons. The summed E-state index contributed by atoms with van der Waals surface area (Å²) in [5.41, 5.74) is 2.67. The van der Waals surface area contributed by atoms with Crippen molar-refractivity contribution in [2.75, 3.05) is 17.4 Å². The van der Waals surface area contributed by atoms with Crippen LogP contribution in [0.2, 0.25) is 5.02 Å². The fraction of sp³-hybridized carbons (Fsp3) is 0.208. The molecule has 0 aliphatic carbocycles. The molecule has 0 aliphatic rings. The summed E-state index contributed by atoms with van der Waals surface area (Å²) in [6, 6.07) is 22.9. The molecule has 0 aromatic heterocycles. The molecule has 0 saturated heterocycles. The molecule has 1 amide bonds. The summed E-state index contributed by atoms with van der Waals surface area (Å²) in [4.78, 5) is 12.7. The Labute approximate surface area is 188 Å². The van der Waals surface area contributed by atoms with E-state index in [2.05, 4.69) is 29.6 Å². The number of halogens is 1. The molecule has 0 spiro atoms. The standard InChI is InChI=1S/C24H25ClN2O3S/c1-19-13-15-20(16-14-19)8-7-17-26-24(28)18-27(23-12-6-5-11-22(23)25)31(29,30)21-9-3-2-4-10-21/h2-6,9-16H,7-8,17-18H2,1H3,(H,26,28). The van der Waals surface area contributed by atoms with Crippen molar-refractivity contribution in [2.24, 2.45) is 0 Å². The molecule has 0 atom stereocenters. The highest BCUT2D eigenvalue weighted by Crippen LogP contribution is 2.30. The van der Waals surface area contributed by atoms with Gasteiger partial charge in [0.1, 0.15) is 6.54 Å². The highest BCUT2D eigenvalue weighted by Gasteiger charge is 2.28. The van der Waals surface area contributed by atoms with Crippen LogP contribution in [0.3, 0.4) is 0 Å². The van der Waals surface area contributed by atoms with Crippen LogP contribution in [0.15, 0.2) is 83.8 Å². The summed E-state index contributed by atoms with van der Waals surface area (Å²) in [5.74, 6) is -0.386. The fourth-order valence-corrected chi connectivity index (χ4v) is 4.88. The predicted octanol–water partition coefficient (Wildman–Crippen LogP) is 4.59. The van der Waals surface area contributed by atoms with Crippen LogP contribution in [0.25, 0.3) is 0 Å². The normalized spacial score (nSPS) is 11.2. The van der Waals surface area contributed by atoms with Gasteiger partial charge in [-0.2, -0.15) is 0 Å². The van der Waals surface area contributed by atoms with E-state index in [4.69, 9.17) is 11.6 Å². The SMILES string of the molecule is Cc1ccc(CCCNC(=O)CN(c2ccccc2Cl)S(=O)(=O)c2ccccc2)cc1. The average molecular weight is 457 g/mol. The van der Waals surface area contributed by atoms with E-state index in [0.717, 1.165) is 17.1 Å². The van der Waals surface area contributed by atoms with E-state index < -0.39 is 10.0 Å². The Bertz CT molecular complexity index is 1120. The Morgan fingerprint density at radius 1 is 0.935 bits per heavy atom. The highest BCUT2D eigenvalue weighted by molar-refractivity contribution is 7.92. The monoisotopic (exact) mass is 456 g/mol. The molecule has 0 fully saturated rings. The van der Waals surface area contributed by atoms with Gasteiger partial charge in [0.2, 0.25) is 5.91 Å². The number of hydrogen-bond donors (Lipinski definition) is 1. The second-order valence-electron chi connectivity index (χ2n) is 7.22. The van der Waals surface area contributed by atoms with Crippen molar-refractivity contribution >= 4 is 33.2 Å². The minimum Gasteiger partial charge on any atom is -0.355 e. The van der Waals surface area contributed by atoms with Crippen LogP contribution in [0.5, 0.6) is 0 Å². The molecule has 3 aromatic carbocycles. The molecule has 1 N–H and O–H groups in total. The number of nitrogens with zero attached hydrogens (tertiary/aromatic N) is 1. The van der Waals surface area contributed by atoms with Gasteiger partial charge in [0.05, 0.1) is 15.6 Å². The van der Waals surface area contributed by atoms with Gasteiger partial charge in [-0.15, -0.1) is 0 Å². The van der Waals surface area contributed by atoms with E-state index in [1.165, 1.54) is 23.3 Å². The number of para-hydroxylation sites is 1. The molecule has 7 heteroatoms. The Balaban J connectivity index is 1.69. The largest absolute Gasteiger partial charge is 0.355 e. The fourth-order valence-electron chi connectivity index (χ4n) is 3.13. The van der Waals surface area contributed by atoms with E-state index in [1.54, 1.807) is 42.5 Å². The maximum absolute atomic E-state index is 13.3. The molecule has 5 nitrogen and oxygen atoms in total. The van der Waals surface area contributed by atoms with Gasteiger partial charge in [0.15, 0.2) is 0 Å². The first-order valence-electron chi connectivity index (χ1n) is 10.0. The lowest BCUT2D eigenvalue weighted by Crippen LogP contribution is -2.41. The molecule has 3 aromatic rings. The number of rotatable bonds is 9. The van der Waals surface area contributed by atoms with Gasteiger partial charge < -0.3 is 5.32 Å². The van der Waals surface area contributed by atoms with Crippen molar-refractivity contribution in [1.29, 1.82) is 0 Å². The van der Waals surface area contributed by atoms with E-state index in [9.17, 15) is 13.2 Å². The number of carbonyl (C=O) groups excluding carboxylic acids is 1. The quantitative estimate of drug-likeness (QED) is 0.479. The number of anilines is 1. The van der Waals surface area contributed by atoms with Crippen molar-refractivity contribution in [3.05, 3.63) is 95.0 Å². The van der Waals surface area contributed by atoms with Crippen molar-refractivity contribution in [3.8, 4) is 0 Å². The van der Waals surface area contributed by atoms with Crippen LogP contribution < -0.4 is 9.62 Å². The van der Waals surface area contributed by atoms with Gasteiger partial charge >= 0.3 is 0 Å². The first-order valence-corrected chi connectivity index (χ1v) is 11.8. The zero-order valence-electron chi connectivity index (χ0n) is 17.3. The lowest BCUT2D eigenvalue weighted by Gasteiger charge is -2.25. The number of hydrogen-bond acceptors (Lipinski definition) is 3. The number of sulfonamides is 1. The van der Waals surface area contributed by atoms with Gasteiger partial charge in [-0.25, -0.2) is 8.42 Å². The van der Waals surface area contributed by atoms with Crippen molar-refractivity contribution < 1.29 is 13.2 Å². The number of amides is 1. The Hall–Kier alpha value is -2.83. The third kappa shape index (κ3) is 6.09. The minimum atomic E-state index is -3.96. The first kappa shape index (κ1) is 22.8. The molecule has 0 unspecified atom stereocenters. The van der Waals surface area contributed by atoms with Crippen molar-refractivity contribution in [2.45, 2.75) is 24.7 Å². The van der Waals surface area contributed by atoms with E-state index in [0.29, 0.717) is 6.54 Å². The summed E-state index contributed by atoms with van der Waals surface area (Å²) >= 11 is 6.26. The molecule has 0 heterocycles. The minimum absolute atomic E-state index is 0.0992. The molecule has 31 heavy (non-hydrogen) atoms. The zero-order chi connectivity index (χ0) is 22.3. The lowest BCUT2D eigenvalue weighted by molar-refractivity contribution is -0.119. The molecule has 0 aliphatic heterocycles. The molecule has 0 radical (unpaired) electrons. The second kappa shape index (κ2) is 10.5. The third-order valence-corrected chi connectivity index (χ3v) is 6.92. The molecule has 0 bridgehead atoms. The van der Waals surface area contributed by atoms with Gasteiger partial charge in [-0.3, -0.25) is 9.10 Å². The van der Waals surface area contributed by atoms with E-state index in [-0.39, 0.29) is 28.1 Å². The van der Waals surface area contributed by atoms with Gasteiger partial charge in [0, 0.05) is 6.54 Å². The molecule has 3 rings (SSSR count). The van der Waals surface area contributed by atoms with Crippen LogP contribution in [0, 0.1) is 6.92 Å². The molecule has 0 saturated carbocycles. The van der Waals surface area contributed by atoms with Crippen molar-refractivity contribution in [1.82, 2.24) is 5.32 Å². The van der Waals surface area contributed by atoms with Crippen LogP contribution in [0.4, 0.5) is 5.69 Å². The van der Waals surface area contributed by atoms with E-state index >= 15 is 0 Å². The maximum atomic E-state index is 13.3.